The van der Waals surface area contributed by atoms with Crippen LogP contribution in [-0.2, 0) is 9.59 Å². The Balaban J connectivity index is 1.84. The molecule has 1 aliphatic heterocycles. The van der Waals surface area contributed by atoms with Crippen molar-refractivity contribution in [1.82, 2.24) is 10.3 Å². The molecule has 0 bridgehead atoms. The van der Waals surface area contributed by atoms with Crippen molar-refractivity contribution in [3.63, 3.8) is 0 Å². The number of carbonyl (C=O) groups excluding carboxylic acids is 2. The predicted molar refractivity (Wildman–Crippen MR) is 120 cm³/mol. The van der Waals surface area contributed by atoms with Crippen molar-refractivity contribution >= 4 is 34.8 Å². The number of Topliss-reactive ketones (excluding diaryl/α,β-unsaturated/α-hetero) is 1. The number of hydrogen-bond acceptors (Lipinski definition) is 6. The molecule has 2 N–H and O–H groups in total. The third-order valence-electron chi connectivity index (χ3n) is 5.68. The van der Waals surface area contributed by atoms with Gasteiger partial charge in [-0.15, -0.1) is 0 Å². The van der Waals surface area contributed by atoms with E-state index in [1.807, 2.05) is 13.0 Å². The number of nitro groups is 1. The maximum atomic E-state index is 13.4. The SMILES string of the molecule is CC1=C(C(=O)Nc2cc(C)ccn2)C(c2ccc(Cl)c([N+](=O)[O-])c2)C2=C(CCCC2=O)N1. The third kappa shape index (κ3) is 4.01. The Morgan fingerprint density at radius 1 is 1.25 bits per heavy atom. The Hall–Kier alpha value is -3.52. The van der Waals surface area contributed by atoms with Crippen LogP contribution in [-0.4, -0.2) is 21.6 Å². The molecule has 2 aromatic rings. The first kappa shape index (κ1) is 21.7. The van der Waals surface area contributed by atoms with Crippen LogP contribution in [0.3, 0.4) is 0 Å². The minimum Gasteiger partial charge on any atom is -0.362 e. The lowest BCUT2D eigenvalue weighted by Crippen LogP contribution is -2.35. The van der Waals surface area contributed by atoms with E-state index in [-0.39, 0.29) is 16.5 Å². The zero-order chi connectivity index (χ0) is 23.0. The molecule has 1 amide bonds. The molecule has 164 valence electrons. The zero-order valence-corrected chi connectivity index (χ0v) is 18.3. The van der Waals surface area contributed by atoms with Crippen molar-refractivity contribution in [3.05, 3.63) is 85.3 Å². The Morgan fingerprint density at radius 3 is 2.75 bits per heavy atom. The molecule has 2 aliphatic rings. The van der Waals surface area contributed by atoms with Crippen molar-refractivity contribution in [2.45, 2.75) is 39.0 Å². The summed E-state index contributed by atoms with van der Waals surface area (Å²) in [5.41, 5.74) is 3.26. The van der Waals surface area contributed by atoms with Gasteiger partial charge in [-0.1, -0.05) is 17.7 Å². The van der Waals surface area contributed by atoms with Gasteiger partial charge in [0.1, 0.15) is 10.8 Å². The first-order valence-corrected chi connectivity index (χ1v) is 10.6. The lowest BCUT2D eigenvalue weighted by Gasteiger charge is -2.34. The van der Waals surface area contributed by atoms with Crippen LogP contribution in [0.1, 0.15) is 43.2 Å². The van der Waals surface area contributed by atoms with Gasteiger partial charge < -0.3 is 10.6 Å². The number of benzene rings is 1. The fraction of sp³-hybridized carbons (Fsp3) is 0.261. The summed E-state index contributed by atoms with van der Waals surface area (Å²) in [5.74, 6) is -0.876. The summed E-state index contributed by atoms with van der Waals surface area (Å²) in [7, 11) is 0. The molecule has 4 rings (SSSR count). The Labute approximate surface area is 189 Å². The molecule has 1 atom stereocenters. The fourth-order valence-corrected chi connectivity index (χ4v) is 4.44. The molecule has 0 saturated heterocycles. The zero-order valence-electron chi connectivity index (χ0n) is 17.6. The van der Waals surface area contributed by atoms with Gasteiger partial charge in [-0.05, 0) is 56.0 Å². The number of aromatic nitrogens is 1. The van der Waals surface area contributed by atoms with Crippen LogP contribution < -0.4 is 10.6 Å². The van der Waals surface area contributed by atoms with Crippen LogP contribution in [0.2, 0.25) is 5.02 Å². The molecule has 0 spiro atoms. The van der Waals surface area contributed by atoms with E-state index in [2.05, 4.69) is 15.6 Å². The maximum Gasteiger partial charge on any atom is 0.288 e. The number of rotatable bonds is 4. The number of nitrogens with zero attached hydrogens (tertiary/aromatic N) is 2. The fourth-order valence-electron chi connectivity index (χ4n) is 4.25. The average Bonchev–Trinajstić information content (AvgIpc) is 2.73. The second-order valence-electron chi connectivity index (χ2n) is 7.91. The quantitative estimate of drug-likeness (QED) is 0.519. The van der Waals surface area contributed by atoms with E-state index < -0.39 is 16.7 Å². The molecular formula is C23H21ClN4O4. The maximum absolute atomic E-state index is 13.4. The van der Waals surface area contributed by atoms with Crippen LogP contribution >= 0.6 is 11.6 Å². The Kier molecular flexibility index (Phi) is 5.80. The summed E-state index contributed by atoms with van der Waals surface area (Å²) in [6.07, 6.45) is 3.33. The molecule has 1 aromatic carbocycles. The number of amides is 1. The van der Waals surface area contributed by atoms with Crippen molar-refractivity contribution in [3.8, 4) is 0 Å². The van der Waals surface area contributed by atoms with Gasteiger partial charge in [-0.2, -0.15) is 0 Å². The highest BCUT2D eigenvalue weighted by molar-refractivity contribution is 6.32. The number of nitrogens with one attached hydrogen (secondary N) is 2. The summed E-state index contributed by atoms with van der Waals surface area (Å²) in [6.45, 7) is 3.65. The van der Waals surface area contributed by atoms with E-state index in [1.54, 1.807) is 25.3 Å². The Morgan fingerprint density at radius 2 is 2.03 bits per heavy atom. The first-order valence-electron chi connectivity index (χ1n) is 10.2. The molecular weight excluding hydrogens is 432 g/mol. The number of dihydropyridines is 1. The molecule has 8 nitrogen and oxygen atoms in total. The highest BCUT2D eigenvalue weighted by atomic mass is 35.5. The van der Waals surface area contributed by atoms with Crippen LogP contribution in [0.4, 0.5) is 11.5 Å². The number of aryl methyl sites for hydroxylation is 1. The van der Waals surface area contributed by atoms with Crippen LogP contribution in [0.15, 0.2) is 59.1 Å². The second-order valence-corrected chi connectivity index (χ2v) is 8.31. The van der Waals surface area contributed by atoms with Crippen molar-refractivity contribution in [1.29, 1.82) is 0 Å². The summed E-state index contributed by atoms with van der Waals surface area (Å²) in [5, 5.41) is 17.5. The van der Waals surface area contributed by atoms with Gasteiger partial charge in [0.25, 0.3) is 11.6 Å². The van der Waals surface area contributed by atoms with Gasteiger partial charge in [0.05, 0.1) is 4.92 Å². The van der Waals surface area contributed by atoms with Gasteiger partial charge in [0, 0.05) is 47.1 Å². The molecule has 0 fully saturated rings. The van der Waals surface area contributed by atoms with Crippen LogP contribution in [0.5, 0.6) is 0 Å². The summed E-state index contributed by atoms with van der Waals surface area (Å²) >= 11 is 6.01. The molecule has 2 heterocycles. The van der Waals surface area contributed by atoms with Crippen LogP contribution in [0.25, 0.3) is 0 Å². The Bertz CT molecular complexity index is 1220. The minimum absolute atomic E-state index is 0.00692. The van der Waals surface area contributed by atoms with E-state index in [9.17, 15) is 19.7 Å². The molecule has 1 unspecified atom stereocenters. The largest absolute Gasteiger partial charge is 0.362 e. The number of anilines is 1. The van der Waals surface area contributed by atoms with E-state index in [0.717, 1.165) is 11.3 Å². The standard InChI is InChI=1S/C23H21ClN4O4/c1-12-8-9-25-19(10-12)27-23(30)20-13(2)26-16-4-3-5-18(29)22(16)21(20)14-6-7-15(24)17(11-14)28(31)32/h6-11,21,26H,3-5H2,1-2H3,(H,25,27,30). The minimum atomic E-state index is -0.750. The van der Waals surface area contributed by atoms with Gasteiger partial charge >= 0.3 is 0 Å². The lowest BCUT2D eigenvalue weighted by molar-refractivity contribution is -0.384. The third-order valence-corrected chi connectivity index (χ3v) is 6.00. The summed E-state index contributed by atoms with van der Waals surface area (Å²) in [4.78, 5) is 41.4. The average molecular weight is 453 g/mol. The van der Waals surface area contributed by atoms with E-state index in [0.29, 0.717) is 47.5 Å². The van der Waals surface area contributed by atoms with Crippen molar-refractivity contribution in [2.24, 2.45) is 0 Å². The highest BCUT2D eigenvalue weighted by Gasteiger charge is 2.39. The highest BCUT2D eigenvalue weighted by Crippen LogP contribution is 2.43. The number of halogens is 1. The number of nitro benzene ring substituents is 1. The van der Waals surface area contributed by atoms with Gasteiger partial charge in [-0.3, -0.25) is 19.7 Å². The van der Waals surface area contributed by atoms with Gasteiger partial charge in [-0.25, -0.2) is 4.98 Å². The normalized spacial score (nSPS) is 18.2. The molecule has 0 saturated carbocycles. The van der Waals surface area contributed by atoms with Gasteiger partial charge in [0.2, 0.25) is 0 Å². The number of pyridine rings is 1. The molecule has 0 radical (unpaired) electrons. The first-order chi connectivity index (χ1) is 15.3. The lowest BCUT2D eigenvalue weighted by atomic mass is 9.75. The molecule has 1 aliphatic carbocycles. The van der Waals surface area contributed by atoms with Crippen LogP contribution in [0, 0.1) is 17.0 Å². The number of carbonyl (C=O) groups is 2. The van der Waals surface area contributed by atoms with E-state index in [4.69, 9.17) is 11.6 Å². The molecule has 32 heavy (non-hydrogen) atoms. The number of allylic oxidation sites excluding steroid dienone is 3. The summed E-state index contributed by atoms with van der Waals surface area (Å²) in [6, 6.07) is 7.95. The topological polar surface area (TPSA) is 114 Å². The summed E-state index contributed by atoms with van der Waals surface area (Å²) < 4.78 is 0. The van der Waals surface area contributed by atoms with Gasteiger partial charge in [0.15, 0.2) is 5.78 Å². The molecule has 1 aromatic heterocycles. The van der Waals surface area contributed by atoms with E-state index in [1.165, 1.54) is 12.1 Å². The monoisotopic (exact) mass is 452 g/mol. The smallest absolute Gasteiger partial charge is 0.288 e. The van der Waals surface area contributed by atoms with E-state index >= 15 is 0 Å². The second kappa shape index (κ2) is 8.55. The van der Waals surface area contributed by atoms with Crippen molar-refractivity contribution < 1.29 is 14.5 Å². The molecule has 9 heteroatoms. The van der Waals surface area contributed by atoms with Crippen molar-refractivity contribution in [2.75, 3.05) is 5.32 Å². The number of hydrogen-bond donors (Lipinski definition) is 2. The predicted octanol–water partition coefficient (Wildman–Crippen LogP) is 4.56. The number of ketones is 1.